The van der Waals surface area contributed by atoms with Gasteiger partial charge < -0.3 is 14.2 Å². The lowest BCUT2D eigenvalue weighted by molar-refractivity contribution is -0.160. The highest BCUT2D eigenvalue weighted by Crippen LogP contribution is 2.44. The fourth-order valence-corrected chi connectivity index (χ4v) is 4.01. The zero-order valence-electron chi connectivity index (χ0n) is 15.3. The van der Waals surface area contributed by atoms with Crippen molar-refractivity contribution in [3.8, 4) is 0 Å². The van der Waals surface area contributed by atoms with Crippen LogP contribution in [0.25, 0.3) is 0 Å². The molecule has 2 heterocycles. The summed E-state index contributed by atoms with van der Waals surface area (Å²) < 4.78 is 17.7. The number of hydrogen-bond acceptors (Lipinski definition) is 4. The smallest absolute Gasteiger partial charge is 0.410 e. The molecule has 2 aromatic rings. The molecule has 5 nitrogen and oxygen atoms in total. The molecule has 2 aliphatic rings. The SMILES string of the molecule is CC1(C)OC2C(c3cccc(Cl)c3)N(C(=O)OCc3ccccc3)C[C@@H]2O1. The molecule has 3 atom stereocenters. The highest BCUT2D eigenvalue weighted by Gasteiger charge is 2.54. The molecule has 27 heavy (non-hydrogen) atoms. The van der Waals surface area contributed by atoms with Crippen LogP contribution in [0.1, 0.15) is 31.0 Å². The fourth-order valence-electron chi connectivity index (χ4n) is 3.81. The molecule has 0 aliphatic carbocycles. The highest BCUT2D eigenvalue weighted by molar-refractivity contribution is 6.30. The second-order valence-corrected chi connectivity index (χ2v) is 7.77. The first kappa shape index (κ1) is 18.3. The first-order valence-electron chi connectivity index (χ1n) is 9.01. The molecule has 1 amide bonds. The van der Waals surface area contributed by atoms with Crippen molar-refractivity contribution in [1.29, 1.82) is 0 Å². The van der Waals surface area contributed by atoms with Crippen LogP contribution in [0.2, 0.25) is 5.02 Å². The molecule has 0 radical (unpaired) electrons. The van der Waals surface area contributed by atoms with Gasteiger partial charge in [-0.25, -0.2) is 4.79 Å². The Morgan fingerprint density at radius 2 is 1.96 bits per heavy atom. The summed E-state index contributed by atoms with van der Waals surface area (Å²) in [6, 6.07) is 16.8. The van der Waals surface area contributed by atoms with E-state index >= 15 is 0 Å². The number of hydrogen-bond donors (Lipinski definition) is 0. The zero-order chi connectivity index (χ0) is 19.0. The van der Waals surface area contributed by atoms with Gasteiger partial charge in [-0.3, -0.25) is 4.90 Å². The number of nitrogens with zero attached hydrogens (tertiary/aromatic N) is 1. The Kier molecular flexibility index (Phi) is 4.84. The van der Waals surface area contributed by atoms with Gasteiger partial charge in [0.15, 0.2) is 5.79 Å². The molecule has 0 N–H and O–H groups in total. The Morgan fingerprint density at radius 3 is 2.70 bits per heavy atom. The molecule has 4 rings (SSSR count). The van der Waals surface area contributed by atoms with Crippen LogP contribution in [0.15, 0.2) is 54.6 Å². The second-order valence-electron chi connectivity index (χ2n) is 7.33. The van der Waals surface area contributed by atoms with Crippen LogP contribution in [-0.4, -0.2) is 35.5 Å². The Bertz CT molecular complexity index is 826. The lowest BCUT2D eigenvalue weighted by atomic mass is 10.0. The molecular formula is C21H22ClNO4. The van der Waals surface area contributed by atoms with Crippen molar-refractivity contribution in [2.45, 2.75) is 44.5 Å². The van der Waals surface area contributed by atoms with Gasteiger partial charge in [-0.15, -0.1) is 0 Å². The first-order chi connectivity index (χ1) is 12.9. The van der Waals surface area contributed by atoms with Crippen molar-refractivity contribution in [3.05, 3.63) is 70.7 Å². The van der Waals surface area contributed by atoms with Crippen LogP contribution >= 0.6 is 11.6 Å². The highest BCUT2D eigenvalue weighted by atomic mass is 35.5. The molecule has 0 spiro atoms. The Balaban J connectivity index is 1.56. The third-order valence-electron chi connectivity index (χ3n) is 4.87. The summed E-state index contributed by atoms with van der Waals surface area (Å²) in [5.41, 5.74) is 1.85. The predicted octanol–water partition coefficient (Wildman–Crippen LogP) is 4.55. The number of likely N-dealkylation sites (tertiary alicyclic amines) is 1. The van der Waals surface area contributed by atoms with E-state index in [2.05, 4.69) is 0 Å². The maximum atomic E-state index is 12.8. The molecule has 2 aromatic carbocycles. The number of amides is 1. The van der Waals surface area contributed by atoms with Crippen molar-refractivity contribution in [2.75, 3.05) is 6.54 Å². The summed E-state index contributed by atoms with van der Waals surface area (Å²) in [5, 5.41) is 0.617. The summed E-state index contributed by atoms with van der Waals surface area (Å²) in [4.78, 5) is 14.5. The molecule has 0 saturated carbocycles. The van der Waals surface area contributed by atoms with Gasteiger partial charge in [0.2, 0.25) is 0 Å². The van der Waals surface area contributed by atoms with Crippen molar-refractivity contribution >= 4 is 17.7 Å². The third-order valence-corrected chi connectivity index (χ3v) is 5.11. The van der Waals surface area contributed by atoms with E-state index in [1.807, 2.05) is 68.4 Å². The van der Waals surface area contributed by atoms with Crippen LogP contribution in [-0.2, 0) is 20.8 Å². The quantitative estimate of drug-likeness (QED) is 0.775. The number of halogens is 1. The lowest BCUT2D eigenvalue weighted by Gasteiger charge is -2.29. The van der Waals surface area contributed by atoms with Gasteiger partial charge in [0.05, 0.1) is 12.6 Å². The maximum Gasteiger partial charge on any atom is 0.410 e. The largest absolute Gasteiger partial charge is 0.445 e. The topological polar surface area (TPSA) is 48.0 Å². The summed E-state index contributed by atoms with van der Waals surface area (Å²) >= 11 is 6.18. The minimum Gasteiger partial charge on any atom is -0.445 e. The van der Waals surface area contributed by atoms with E-state index in [0.717, 1.165) is 11.1 Å². The molecule has 2 fully saturated rings. The molecule has 142 valence electrons. The van der Waals surface area contributed by atoms with Crippen molar-refractivity contribution in [3.63, 3.8) is 0 Å². The Morgan fingerprint density at radius 1 is 1.19 bits per heavy atom. The van der Waals surface area contributed by atoms with E-state index in [4.69, 9.17) is 25.8 Å². The number of ether oxygens (including phenoxy) is 3. The van der Waals surface area contributed by atoms with Crippen molar-refractivity contribution in [1.82, 2.24) is 4.90 Å². The number of benzene rings is 2. The molecule has 2 unspecified atom stereocenters. The maximum absolute atomic E-state index is 12.8. The average molecular weight is 388 g/mol. The van der Waals surface area contributed by atoms with Gasteiger partial charge in [-0.1, -0.05) is 54.1 Å². The number of carbonyl (C=O) groups is 1. The summed E-state index contributed by atoms with van der Waals surface area (Å²) in [6.07, 6.45) is -0.848. The molecule has 2 saturated heterocycles. The Labute approximate surface area is 163 Å². The van der Waals surface area contributed by atoms with E-state index < -0.39 is 5.79 Å². The van der Waals surface area contributed by atoms with Crippen LogP contribution in [0, 0.1) is 0 Å². The van der Waals surface area contributed by atoms with E-state index in [-0.39, 0.29) is 30.9 Å². The Hall–Kier alpha value is -2.08. The first-order valence-corrected chi connectivity index (χ1v) is 9.39. The molecule has 6 heteroatoms. The van der Waals surface area contributed by atoms with Gasteiger partial charge in [0.1, 0.15) is 18.8 Å². The predicted molar refractivity (Wildman–Crippen MR) is 101 cm³/mol. The van der Waals surface area contributed by atoms with Gasteiger partial charge in [-0.05, 0) is 37.1 Å². The number of carbonyl (C=O) groups excluding carboxylic acids is 1. The number of rotatable bonds is 3. The monoisotopic (exact) mass is 387 g/mol. The second kappa shape index (κ2) is 7.15. The van der Waals surface area contributed by atoms with Crippen LogP contribution < -0.4 is 0 Å². The molecule has 0 bridgehead atoms. The molecule has 0 aromatic heterocycles. The third kappa shape index (κ3) is 3.81. The van der Waals surface area contributed by atoms with E-state index in [9.17, 15) is 4.79 Å². The lowest BCUT2D eigenvalue weighted by Crippen LogP contribution is -2.37. The van der Waals surface area contributed by atoms with E-state index in [1.165, 1.54) is 0 Å². The van der Waals surface area contributed by atoms with Crippen molar-refractivity contribution in [2.24, 2.45) is 0 Å². The number of fused-ring (bicyclic) bond motifs is 1. The normalized spacial score (nSPS) is 26.0. The van der Waals surface area contributed by atoms with Crippen LogP contribution in [0.5, 0.6) is 0 Å². The summed E-state index contributed by atoms with van der Waals surface area (Å²) in [6.45, 7) is 4.41. The minimum absolute atomic E-state index is 0.201. The fraction of sp³-hybridized carbons (Fsp3) is 0.381. The van der Waals surface area contributed by atoms with E-state index in [1.54, 1.807) is 4.90 Å². The zero-order valence-corrected chi connectivity index (χ0v) is 16.1. The van der Waals surface area contributed by atoms with Crippen molar-refractivity contribution < 1.29 is 19.0 Å². The van der Waals surface area contributed by atoms with Gasteiger partial charge in [0, 0.05) is 5.02 Å². The van der Waals surface area contributed by atoms with Gasteiger partial charge >= 0.3 is 6.09 Å². The minimum atomic E-state index is -0.674. The standard InChI is InChI=1S/C21H22ClNO4/c1-21(2)26-17-12-23(20(24)25-13-14-7-4-3-5-8-14)18(19(17)27-21)15-9-6-10-16(22)11-15/h3-11,17-19H,12-13H2,1-2H3/t17-,18?,19?/m0/s1. The molecule has 2 aliphatic heterocycles. The average Bonchev–Trinajstić information content (AvgIpc) is 3.12. The summed E-state index contributed by atoms with van der Waals surface area (Å²) in [7, 11) is 0. The van der Waals surface area contributed by atoms with Gasteiger partial charge in [-0.2, -0.15) is 0 Å². The van der Waals surface area contributed by atoms with Crippen LogP contribution in [0.3, 0.4) is 0 Å². The van der Waals surface area contributed by atoms with E-state index in [0.29, 0.717) is 11.6 Å². The summed E-state index contributed by atoms with van der Waals surface area (Å²) in [5.74, 6) is -0.674. The van der Waals surface area contributed by atoms with Gasteiger partial charge in [0.25, 0.3) is 0 Å². The van der Waals surface area contributed by atoms with Crippen LogP contribution in [0.4, 0.5) is 4.79 Å². The molecular weight excluding hydrogens is 366 g/mol.